The lowest BCUT2D eigenvalue weighted by Crippen LogP contribution is -2.35. The minimum Gasteiger partial charge on any atom is -0.308 e. The number of rotatable bonds is 3. The van der Waals surface area contributed by atoms with Gasteiger partial charge >= 0.3 is 0 Å². The molecule has 0 aliphatic heterocycles. The van der Waals surface area contributed by atoms with Gasteiger partial charge in [-0.2, -0.15) is 5.10 Å². The predicted molar refractivity (Wildman–Crippen MR) is 82.7 cm³/mol. The summed E-state index contributed by atoms with van der Waals surface area (Å²) in [4.78, 5) is 4.37. The van der Waals surface area contributed by atoms with Crippen LogP contribution in [0.2, 0.25) is 10.0 Å². The quantitative estimate of drug-likeness (QED) is 0.938. The van der Waals surface area contributed by atoms with Crippen molar-refractivity contribution in [1.29, 1.82) is 0 Å². The maximum absolute atomic E-state index is 6.28. The Morgan fingerprint density at radius 3 is 2.45 bits per heavy atom. The van der Waals surface area contributed by atoms with E-state index in [1.807, 2.05) is 13.0 Å². The molecule has 0 saturated heterocycles. The lowest BCUT2D eigenvalue weighted by atomic mass is 10.1. The summed E-state index contributed by atoms with van der Waals surface area (Å²) in [6.45, 7) is 8.91. The molecule has 0 saturated carbocycles. The van der Waals surface area contributed by atoms with Crippen LogP contribution in [0.1, 0.15) is 32.0 Å². The summed E-state index contributed by atoms with van der Waals surface area (Å²) >= 11 is 12.3. The van der Waals surface area contributed by atoms with Crippen molar-refractivity contribution in [3.63, 3.8) is 0 Å². The van der Waals surface area contributed by atoms with Gasteiger partial charge in [0.05, 0.1) is 21.9 Å². The van der Waals surface area contributed by atoms with E-state index in [0.29, 0.717) is 15.9 Å². The van der Waals surface area contributed by atoms with Crippen molar-refractivity contribution in [3.05, 3.63) is 39.8 Å². The zero-order chi connectivity index (χ0) is 14.9. The molecule has 108 valence electrons. The van der Waals surface area contributed by atoms with Gasteiger partial charge in [0, 0.05) is 18.3 Å². The highest BCUT2D eigenvalue weighted by Gasteiger charge is 2.12. The minimum atomic E-state index is 0.0533. The first-order chi connectivity index (χ1) is 9.26. The molecule has 20 heavy (non-hydrogen) atoms. The largest absolute Gasteiger partial charge is 0.308 e. The van der Waals surface area contributed by atoms with Crippen molar-refractivity contribution in [3.8, 4) is 5.82 Å². The van der Waals surface area contributed by atoms with Gasteiger partial charge in [-0.25, -0.2) is 9.67 Å². The molecule has 2 aromatic rings. The molecule has 2 rings (SSSR count). The van der Waals surface area contributed by atoms with Crippen molar-refractivity contribution >= 4 is 23.2 Å². The predicted octanol–water partition coefficient (Wildman–Crippen LogP) is 3.77. The normalized spacial score (nSPS) is 11.9. The topological polar surface area (TPSA) is 42.7 Å². The van der Waals surface area contributed by atoms with E-state index in [1.54, 1.807) is 17.1 Å². The van der Waals surface area contributed by atoms with E-state index in [-0.39, 0.29) is 5.54 Å². The first kappa shape index (κ1) is 15.3. The van der Waals surface area contributed by atoms with Gasteiger partial charge in [-0.05, 0) is 39.3 Å². The van der Waals surface area contributed by atoms with Gasteiger partial charge in [0.15, 0.2) is 5.82 Å². The zero-order valence-electron chi connectivity index (χ0n) is 12.0. The Hall–Kier alpha value is -1.10. The van der Waals surface area contributed by atoms with E-state index in [9.17, 15) is 0 Å². The van der Waals surface area contributed by atoms with Crippen LogP contribution in [0.5, 0.6) is 0 Å². The number of aromatic nitrogens is 3. The van der Waals surface area contributed by atoms with E-state index in [4.69, 9.17) is 23.2 Å². The van der Waals surface area contributed by atoms with Gasteiger partial charge in [0.1, 0.15) is 0 Å². The van der Waals surface area contributed by atoms with Gasteiger partial charge < -0.3 is 5.32 Å². The molecule has 0 aromatic carbocycles. The summed E-state index contributed by atoms with van der Waals surface area (Å²) in [5, 5.41) is 8.83. The smallest absolute Gasteiger partial charge is 0.172 e. The summed E-state index contributed by atoms with van der Waals surface area (Å²) in [6.07, 6.45) is 3.50. The summed E-state index contributed by atoms with van der Waals surface area (Å²) < 4.78 is 1.60. The molecule has 0 bridgehead atoms. The van der Waals surface area contributed by atoms with Crippen molar-refractivity contribution in [2.24, 2.45) is 0 Å². The van der Waals surface area contributed by atoms with Crippen molar-refractivity contribution in [2.75, 3.05) is 0 Å². The Labute approximate surface area is 129 Å². The van der Waals surface area contributed by atoms with E-state index in [2.05, 4.69) is 36.2 Å². The first-order valence-electron chi connectivity index (χ1n) is 6.38. The third-order valence-electron chi connectivity index (χ3n) is 2.76. The SMILES string of the molecule is Cc1nn(-c2ncc(CNC(C)(C)C)cc2Cl)cc1Cl. The van der Waals surface area contributed by atoms with Crippen LogP contribution in [0.3, 0.4) is 0 Å². The van der Waals surface area contributed by atoms with Crippen LogP contribution in [0, 0.1) is 6.92 Å². The van der Waals surface area contributed by atoms with Gasteiger partial charge in [-0.15, -0.1) is 0 Å². The fraction of sp³-hybridized carbons (Fsp3) is 0.429. The van der Waals surface area contributed by atoms with E-state index < -0.39 is 0 Å². The molecule has 0 spiro atoms. The van der Waals surface area contributed by atoms with Crippen molar-refractivity contribution in [2.45, 2.75) is 39.8 Å². The molecule has 0 amide bonds. The summed E-state index contributed by atoms with van der Waals surface area (Å²) in [5.41, 5.74) is 1.84. The monoisotopic (exact) mass is 312 g/mol. The Kier molecular flexibility index (Phi) is 4.37. The molecule has 2 heterocycles. The van der Waals surface area contributed by atoms with E-state index in [0.717, 1.165) is 17.8 Å². The van der Waals surface area contributed by atoms with Crippen LogP contribution >= 0.6 is 23.2 Å². The standard InChI is InChI=1S/C14H18Cl2N4/c1-9-12(16)8-20(19-9)13-11(15)5-10(6-17-13)7-18-14(2,3)4/h5-6,8,18H,7H2,1-4H3. The van der Waals surface area contributed by atoms with Crippen LogP contribution in [0.4, 0.5) is 0 Å². The number of halogens is 2. The van der Waals surface area contributed by atoms with Gasteiger partial charge in [0.2, 0.25) is 0 Å². The van der Waals surface area contributed by atoms with E-state index in [1.165, 1.54) is 0 Å². The molecule has 0 fully saturated rings. The fourth-order valence-corrected chi connectivity index (χ4v) is 2.06. The molecule has 0 aliphatic carbocycles. The Bertz CT molecular complexity index is 595. The fourth-order valence-electron chi connectivity index (χ4n) is 1.65. The summed E-state index contributed by atoms with van der Waals surface area (Å²) in [7, 11) is 0. The number of aryl methyl sites for hydroxylation is 1. The molecule has 2 aromatic heterocycles. The van der Waals surface area contributed by atoms with Crippen LogP contribution in [-0.4, -0.2) is 20.3 Å². The second-order valence-electron chi connectivity index (χ2n) is 5.76. The highest BCUT2D eigenvalue weighted by Crippen LogP contribution is 2.22. The molecule has 4 nitrogen and oxygen atoms in total. The number of nitrogens with zero attached hydrogens (tertiary/aromatic N) is 3. The lowest BCUT2D eigenvalue weighted by molar-refractivity contribution is 0.424. The molecule has 0 radical (unpaired) electrons. The van der Waals surface area contributed by atoms with Crippen LogP contribution in [0.25, 0.3) is 5.82 Å². The van der Waals surface area contributed by atoms with Gasteiger partial charge in [-0.1, -0.05) is 23.2 Å². The van der Waals surface area contributed by atoms with Gasteiger partial charge in [-0.3, -0.25) is 0 Å². The maximum atomic E-state index is 6.28. The number of hydrogen-bond donors (Lipinski definition) is 1. The van der Waals surface area contributed by atoms with Crippen molar-refractivity contribution in [1.82, 2.24) is 20.1 Å². The van der Waals surface area contributed by atoms with Crippen LogP contribution < -0.4 is 5.32 Å². The number of pyridine rings is 1. The van der Waals surface area contributed by atoms with Crippen LogP contribution in [-0.2, 0) is 6.54 Å². The number of nitrogens with one attached hydrogen (secondary N) is 1. The summed E-state index contributed by atoms with van der Waals surface area (Å²) in [6, 6.07) is 1.90. The Morgan fingerprint density at radius 2 is 1.95 bits per heavy atom. The van der Waals surface area contributed by atoms with Crippen LogP contribution in [0.15, 0.2) is 18.5 Å². The first-order valence-corrected chi connectivity index (χ1v) is 7.13. The Balaban J connectivity index is 2.22. The zero-order valence-corrected chi connectivity index (χ0v) is 13.5. The van der Waals surface area contributed by atoms with Gasteiger partial charge in [0.25, 0.3) is 0 Å². The molecule has 0 atom stereocenters. The summed E-state index contributed by atoms with van der Waals surface area (Å²) in [5.74, 6) is 0.584. The molecule has 1 N–H and O–H groups in total. The number of hydrogen-bond acceptors (Lipinski definition) is 3. The average Bonchev–Trinajstić information content (AvgIpc) is 2.66. The highest BCUT2D eigenvalue weighted by molar-refractivity contribution is 6.32. The molecule has 0 aliphatic rings. The third-order valence-corrected chi connectivity index (χ3v) is 3.41. The third kappa shape index (κ3) is 3.72. The molecular formula is C14H18Cl2N4. The van der Waals surface area contributed by atoms with Crippen molar-refractivity contribution < 1.29 is 0 Å². The van der Waals surface area contributed by atoms with E-state index >= 15 is 0 Å². The molecular weight excluding hydrogens is 295 g/mol. The molecule has 0 unspecified atom stereocenters. The second-order valence-corrected chi connectivity index (χ2v) is 6.57. The lowest BCUT2D eigenvalue weighted by Gasteiger charge is -2.20. The maximum Gasteiger partial charge on any atom is 0.172 e. The minimum absolute atomic E-state index is 0.0533. The molecule has 6 heteroatoms. The second kappa shape index (κ2) is 5.72. The average molecular weight is 313 g/mol. The highest BCUT2D eigenvalue weighted by atomic mass is 35.5. The Morgan fingerprint density at radius 1 is 1.25 bits per heavy atom.